The summed E-state index contributed by atoms with van der Waals surface area (Å²) in [5.41, 5.74) is 0.615. The second-order valence-corrected chi connectivity index (χ2v) is 5.20. The summed E-state index contributed by atoms with van der Waals surface area (Å²) in [6.07, 6.45) is 5.52. The molecule has 2 rings (SSSR count). The molecule has 1 heterocycles. The van der Waals surface area contributed by atoms with Crippen molar-refractivity contribution in [2.45, 2.75) is 32.2 Å². The van der Waals surface area contributed by atoms with Gasteiger partial charge in [0.2, 0.25) is 0 Å². The average molecular weight is 271 g/mol. The predicted octanol–water partition coefficient (Wildman–Crippen LogP) is 2.70. The van der Waals surface area contributed by atoms with Crippen LogP contribution in [-0.2, 0) is 0 Å². The van der Waals surface area contributed by atoms with Gasteiger partial charge in [-0.2, -0.15) is 0 Å². The lowest BCUT2D eigenvalue weighted by atomic mass is 10.1. The van der Waals surface area contributed by atoms with Crippen molar-refractivity contribution in [2.24, 2.45) is 5.92 Å². The van der Waals surface area contributed by atoms with Crippen molar-refractivity contribution >= 4 is 21.8 Å². The van der Waals surface area contributed by atoms with Crippen LogP contribution in [0.3, 0.4) is 0 Å². The van der Waals surface area contributed by atoms with Crippen molar-refractivity contribution in [2.75, 3.05) is 0 Å². The Labute approximate surface area is 97.8 Å². The van der Waals surface area contributed by atoms with Gasteiger partial charge in [-0.05, 0) is 41.3 Å². The van der Waals surface area contributed by atoms with Crippen molar-refractivity contribution in [3.63, 3.8) is 0 Å². The van der Waals surface area contributed by atoms with Gasteiger partial charge in [-0.1, -0.05) is 12.8 Å². The van der Waals surface area contributed by atoms with Crippen LogP contribution in [0.25, 0.3) is 0 Å². The number of nitrogens with one attached hydrogen (secondary N) is 2. The lowest BCUT2D eigenvalue weighted by molar-refractivity contribution is 0.0933. The minimum Gasteiger partial charge on any atom is -0.356 e. The number of carbonyl (C=O) groups is 1. The van der Waals surface area contributed by atoms with Crippen LogP contribution >= 0.6 is 15.9 Å². The molecule has 82 valence electrons. The number of aromatic nitrogens is 1. The fourth-order valence-electron chi connectivity index (χ4n) is 1.71. The number of carbonyl (C=O) groups excluding carboxylic acids is 1. The van der Waals surface area contributed by atoms with Crippen LogP contribution in [0.15, 0.2) is 16.7 Å². The van der Waals surface area contributed by atoms with Gasteiger partial charge in [-0.15, -0.1) is 0 Å². The number of halogens is 1. The van der Waals surface area contributed by atoms with Crippen LogP contribution in [0.2, 0.25) is 0 Å². The summed E-state index contributed by atoms with van der Waals surface area (Å²) < 4.78 is 0.905. The first-order valence-corrected chi connectivity index (χ1v) is 6.09. The van der Waals surface area contributed by atoms with E-state index >= 15 is 0 Å². The average Bonchev–Trinajstić information content (AvgIpc) is 2.85. The molecule has 0 aliphatic heterocycles. The Balaban J connectivity index is 1.85. The van der Waals surface area contributed by atoms with Gasteiger partial charge < -0.3 is 10.3 Å². The molecule has 1 aromatic rings. The summed E-state index contributed by atoms with van der Waals surface area (Å²) in [7, 11) is 0. The molecule has 1 unspecified atom stereocenters. The van der Waals surface area contributed by atoms with E-state index in [0.29, 0.717) is 5.69 Å². The van der Waals surface area contributed by atoms with Crippen molar-refractivity contribution < 1.29 is 4.79 Å². The van der Waals surface area contributed by atoms with Crippen LogP contribution in [0.1, 0.15) is 36.7 Å². The standard InChI is InChI=1S/C11H15BrN2O/c1-7(4-8-2-3-8)14-11(15)10-5-9(12)6-13-10/h5-8,13H,2-4H2,1H3,(H,14,15). The van der Waals surface area contributed by atoms with Crippen molar-refractivity contribution in [1.29, 1.82) is 0 Å². The summed E-state index contributed by atoms with van der Waals surface area (Å²) in [6, 6.07) is 2.06. The third kappa shape index (κ3) is 3.09. The van der Waals surface area contributed by atoms with E-state index in [0.717, 1.165) is 16.8 Å². The first-order chi connectivity index (χ1) is 7.15. The molecule has 1 fully saturated rings. The topological polar surface area (TPSA) is 44.9 Å². The molecule has 15 heavy (non-hydrogen) atoms. The summed E-state index contributed by atoms with van der Waals surface area (Å²) in [4.78, 5) is 14.6. The second-order valence-electron chi connectivity index (χ2n) is 4.29. The van der Waals surface area contributed by atoms with Crippen LogP contribution < -0.4 is 5.32 Å². The minimum absolute atomic E-state index is 0.0196. The highest BCUT2D eigenvalue weighted by molar-refractivity contribution is 9.10. The molecule has 4 heteroatoms. The summed E-state index contributed by atoms with van der Waals surface area (Å²) in [5.74, 6) is 0.824. The molecule has 2 N–H and O–H groups in total. The van der Waals surface area contributed by atoms with E-state index in [9.17, 15) is 4.79 Å². The number of amides is 1. The van der Waals surface area contributed by atoms with Crippen molar-refractivity contribution in [1.82, 2.24) is 10.3 Å². The molecule has 0 spiro atoms. The molecule has 0 bridgehead atoms. The third-order valence-corrected chi connectivity index (χ3v) is 3.11. The van der Waals surface area contributed by atoms with Gasteiger partial charge in [0.25, 0.3) is 5.91 Å². The van der Waals surface area contributed by atoms with E-state index < -0.39 is 0 Å². The van der Waals surface area contributed by atoms with Crippen LogP contribution in [-0.4, -0.2) is 16.9 Å². The predicted molar refractivity (Wildman–Crippen MR) is 62.8 cm³/mol. The minimum atomic E-state index is -0.0196. The third-order valence-electron chi connectivity index (χ3n) is 2.65. The van der Waals surface area contributed by atoms with Crippen LogP contribution in [0, 0.1) is 5.92 Å². The Hall–Kier alpha value is -0.770. The molecular weight excluding hydrogens is 256 g/mol. The first kappa shape index (κ1) is 10.7. The fraction of sp³-hybridized carbons (Fsp3) is 0.545. The molecule has 0 radical (unpaired) electrons. The quantitative estimate of drug-likeness (QED) is 0.868. The molecule has 1 amide bonds. The summed E-state index contributed by atoms with van der Waals surface area (Å²) in [5, 5.41) is 2.99. The Morgan fingerprint density at radius 1 is 1.73 bits per heavy atom. The van der Waals surface area contributed by atoms with Gasteiger partial charge in [-0.3, -0.25) is 4.79 Å². The maximum atomic E-state index is 11.7. The maximum absolute atomic E-state index is 11.7. The fourth-order valence-corrected chi connectivity index (χ4v) is 2.06. The lowest BCUT2D eigenvalue weighted by Gasteiger charge is -2.12. The number of hydrogen-bond acceptors (Lipinski definition) is 1. The van der Waals surface area contributed by atoms with Gasteiger partial charge in [0.1, 0.15) is 5.69 Å². The van der Waals surface area contributed by atoms with E-state index in [1.807, 2.05) is 0 Å². The second kappa shape index (κ2) is 4.39. The Kier molecular flexibility index (Phi) is 3.14. The molecular formula is C11H15BrN2O. The number of aromatic amines is 1. The maximum Gasteiger partial charge on any atom is 0.267 e. The van der Waals surface area contributed by atoms with E-state index in [2.05, 4.69) is 33.2 Å². The Morgan fingerprint density at radius 2 is 2.47 bits per heavy atom. The van der Waals surface area contributed by atoms with Crippen LogP contribution in [0.5, 0.6) is 0 Å². The zero-order chi connectivity index (χ0) is 10.8. The van der Waals surface area contributed by atoms with E-state index in [1.54, 1.807) is 12.3 Å². The monoisotopic (exact) mass is 270 g/mol. The SMILES string of the molecule is CC(CC1CC1)NC(=O)c1cc(Br)c[nH]1. The zero-order valence-corrected chi connectivity index (χ0v) is 10.3. The molecule has 1 atom stereocenters. The van der Waals surface area contributed by atoms with Crippen molar-refractivity contribution in [3.05, 3.63) is 22.4 Å². The molecule has 1 aliphatic carbocycles. The number of hydrogen-bond donors (Lipinski definition) is 2. The molecule has 1 saturated carbocycles. The molecule has 1 aliphatic rings. The van der Waals surface area contributed by atoms with E-state index in [4.69, 9.17) is 0 Å². The van der Waals surface area contributed by atoms with Crippen LogP contribution in [0.4, 0.5) is 0 Å². The van der Waals surface area contributed by atoms with Gasteiger partial charge in [-0.25, -0.2) is 0 Å². The highest BCUT2D eigenvalue weighted by Crippen LogP contribution is 2.33. The smallest absolute Gasteiger partial charge is 0.267 e. The van der Waals surface area contributed by atoms with Gasteiger partial charge in [0.15, 0.2) is 0 Å². The Bertz CT molecular complexity index is 357. The molecule has 0 aromatic carbocycles. The lowest BCUT2D eigenvalue weighted by Crippen LogP contribution is -2.33. The number of rotatable bonds is 4. The highest BCUT2D eigenvalue weighted by atomic mass is 79.9. The normalized spacial score (nSPS) is 17.5. The number of H-pyrrole nitrogens is 1. The van der Waals surface area contributed by atoms with E-state index in [1.165, 1.54) is 12.8 Å². The Morgan fingerprint density at radius 3 is 3.00 bits per heavy atom. The largest absolute Gasteiger partial charge is 0.356 e. The van der Waals surface area contributed by atoms with E-state index in [-0.39, 0.29) is 11.9 Å². The summed E-state index contributed by atoms with van der Waals surface area (Å²) >= 11 is 3.31. The first-order valence-electron chi connectivity index (χ1n) is 5.30. The van der Waals surface area contributed by atoms with Gasteiger partial charge >= 0.3 is 0 Å². The molecule has 0 saturated heterocycles. The zero-order valence-electron chi connectivity index (χ0n) is 8.72. The highest BCUT2D eigenvalue weighted by Gasteiger charge is 2.24. The molecule has 1 aromatic heterocycles. The van der Waals surface area contributed by atoms with Gasteiger partial charge in [0, 0.05) is 16.7 Å². The summed E-state index contributed by atoms with van der Waals surface area (Å²) in [6.45, 7) is 2.06. The van der Waals surface area contributed by atoms with Crippen molar-refractivity contribution in [3.8, 4) is 0 Å². The van der Waals surface area contributed by atoms with Gasteiger partial charge in [0.05, 0.1) is 0 Å². The molecule has 3 nitrogen and oxygen atoms in total.